The molecule has 1 aliphatic heterocycles. The molecule has 0 aliphatic carbocycles. The first-order chi connectivity index (χ1) is 14.9. The van der Waals surface area contributed by atoms with E-state index in [0.717, 1.165) is 5.56 Å². The van der Waals surface area contributed by atoms with E-state index in [9.17, 15) is 14.7 Å². The Morgan fingerprint density at radius 2 is 1.90 bits per heavy atom. The fourth-order valence-corrected chi connectivity index (χ4v) is 3.79. The Labute approximate surface area is 184 Å². The van der Waals surface area contributed by atoms with Crippen LogP contribution in [0.3, 0.4) is 0 Å². The number of nitrogens with zero attached hydrogens (tertiary/aromatic N) is 2. The number of ether oxygens (including phenoxy) is 1. The zero-order valence-corrected chi connectivity index (χ0v) is 17.7. The first-order valence-electron chi connectivity index (χ1n) is 9.60. The van der Waals surface area contributed by atoms with E-state index < -0.39 is 12.1 Å². The van der Waals surface area contributed by atoms with Crippen molar-refractivity contribution in [3.05, 3.63) is 71.7 Å². The van der Waals surface area contributed by atoms with Gasteiger partial charge in [-0.3, -0.25) is 9.69 Å². The van der Waals surface area contributed by atoms with Crippen molar-refractivity contribution in [3.8, 4) is 11.5 Å². The van der Waals surface area contributed by atoms with E-state index in [-0.39, 0.29) is 11.7 Å². The lowest BCUT2D eigenvalue weighted by atomic mass is 10.2. The number of hydrogen-bond donors (Lipinski definition) is 2. The molecule has 8 heteroatoms. The number of carboxylic acid groups (broad SMARTS) is 1. The normalized spacial score (nSPS) is 17.2. The van der Waals surface area contributed by atoms with Gasteiger partial charge in [-0.2, -0.15) is 0 Å². The smallest absolute Gasteiger partial charge is 0.344 e. The molecule has 1 fully saturated rings. The number of thioether (sulfide) groups is 1. The number of phenols is 1. The lowest BCUT2D eigenvalue weighted by molar-refractivity contribution is -0.145. The molecule has 1 heterocycles. The average molecular weight is 439 g/mol. The third-order valence-electron chi connectivity index (χ3n) is 4.38. The number of carbonyl (C=O) groups excluding carboxylic acids is 1. The second kappa shape index (κ2) is 9.99. The van der Waals surface area contributed by atoms with Crippen LogP contribution in [-0.2, 0) is 9.59 Å². The highest BCUT2D eigenvalue weighted by atomic mass is 32.2. The summed E-state index contributed by atoms with van der Waals surface area (Å²) in [5.74, 6) is -0.600. The lowest BCUT2D eigenvalue weighted by Crippen LogP contribution is -2.29. The highest BCUT2D eigenvalue weighted by Gasteiger charge is 2.32. The van der Waals surface area contributed by atoms with Gasteiger partial charge in [0.1, 0.15) is 11.5 Å². The first-order valence-corrected chi connectivity index (χ1v) is 10.4. The highest BCUT2D eigenvalue weighted by molar-refractivity contribution is 8.18. The zero-order chi connectivity index (χ0) is 22.4. The Hall–Kier alpha value is -3.52. The number of aliphatic imine (C=N–C) groups is 1. The number of phenolic OH excluding ortho intramolecular Hbond substituents is 1. The quantitative estimate of drug-likeness (QED) is 0.467. The predicted molar refractivity (Wildman–Crippen MR) is 121 cm³/mol. The molecular weight excluding hydrogens is 416 g/mol. The maximum Gasteiger partial charge on any atom is 0.344 e. The second-order valence-corrected chi connectivity index (χ2v) is 7.66. The maximum atomic E-state index is 12.9. The van der Waals surface area contributed by atoms with E-state index in [1.165, 1.54) is 28.8 Å². The van der Waals surface area contributed by atoms with Gasteiger partial charge in [-0.1, -0.05) is 25.1 Å². The van der Waals surface area contributed by atoms with E-state index in [1.807, 2.05) is 0 Å². The van der Waals surface area contributed by atoms with Crippen molar-refractivity contribution in [2.45, 2.75) is 19.4 Å². The molecule has 7 nitrogen and oxygen atoms in total. The summed E-state index contributed by atoms with van der Waals surface area (Å²) in [4.78, 5) is 30.5. The molecular formula is C23H22N2O5S. The summed E-state index contributed by atoms with van der Waals surface area (Å²) in [6, 6.07) is 13.3. The molecule has 1 saturated heterocycles. The lowest BCUT2D eigenvalue weighted by Gasteiger charge is -2.13. The summed E-state index contributed by atoms with van der Waals surface area (Å²) < 4.78 is 5.46. The van der Waals surface area contributed by atoms with Gasteiger partial charge in [0, 0.05) is 6.54 Å². The van der Waals surface area contributed by atoms with Crippen LogP contribution < -0.4 is 4.74 Å². The number of carboxylic acids is 1. The fourth-order valence-electron chi connectivity index (χ4n) is 2.79. The standard InChI is InChI=1S/C23H22N2O5S/c1-3-13-25-21(27)20(31-23(25)24-16-7-9-17(26)10-8-16)14-15-5-11-18(12-6-15)30-19(4-2)22(28)29/h3,5-12,14,19,26H,1,4,13H2,2H3,(H,28,29)/b20-14-,24-23?. The van der Waals surface area contributed by atoms with E-state index in [4.69, 9.17) is 9.84 Å². The summed E-state index contributed by atoms with van der Waals surface area (Å²) in [6.07, 6.45) is 2.84. The molecule has 2 aromatic rings. The van der Waals surface area contributed by atoms with Crippen molar-refractivity contribution < 1.29 is 24.5 Å². The van der Waals surface area contributed by atoms with Crippen molar-refractivity contribution in [3.63, 3.8) is 0 Å². The molecule has 0 bridgehead atoms. The number of carbonyl (C=O) groups is 2. The first kappa shape index (κ1) is 22.2. The van der Waals surface area contributed by atoms with Gasteiger partial charge in [0.25, 0.3) is 5.91 Å². The van der Waals surface area contributed by atoms with Gasteiger partial charge in [-0.15, -0.1) is 6.58 Å². The van der Waals surface area contributed by atoms with Crippen LogP contribution in [0.25, 0.3) is 6.08 Å². The maximum absolute atomic E-state index is 12.9. The van der Waals surface area contributed by atoms with Crippen molar-refractivity contribution in [1.82, 2.24) is 4.90 Å². The van der Waals surface area contributed by atoms with Gasteiger partial charge in [0.2, 0.25) is 0 Å². The third kappa shape index (κ3) is 5.55. The number of amidine groups is 1. The molecule has 2 N–H and O–H groups in total. The number of hydrogen-bond acceptors (Lipinski definition) is 6. The van der Waals surface area contributed by atoms with Gasteiger partial charge >= 0.3 is 5.97 Å². The molecule has 1 aliphatic rings. The molecule has 31 heavy (non-hydrogen) atoms. The topological polar surface area (TPSA) is 99.4 Å². The minimum atomic E-state index is -1.01. The number of aliphatic carboxylic acids is 1. The summed E-state index contributed by atoms with van der Waals surface area (Å²) in [5.41, 5.74) is 1.39. The van der Waals surface area contributed by atoms with Gasteiger partial charge in [-0.05, 0) is 66.2 Å². The van der Waals surface area contributed by atoms with Crippen LogP contribution in [-0.4, -0.2) is 44.8 Å². The molecule has 1 amide bonds. The number of amides is 1. The van der Waals surface area contributed by atoms with E-state index in [2.05, 4.69) is 11.6 Å². The Kier molecular flexibility index (Phi) is 7.15. The molecule has 1 atom stereocenters. The Bertz CT molecular complexity index is 1030. The number of aromatic hydroxyl groups is 1. The summed E-state index contributed by atoms with van der Waals surface area (Å²) >= 11 is 1.25. The van der Waals surface area contributed by atoms with Crippen molar-refractivity contribution in [1.29, 1.82) is 0 Å². The summed E-state index contributed by atoms with van der Waals surface area (Å²) in [7, 11) is 0. The fraction of sp³-hybridized carbons (Fsp3) is 0.174. The molecule has 0 radical (unpaired) electrons. The number of rotatable bonds is 8. The predicted octanol–water partition coefficient (Wildman–Crippen LogP) is 4.42. The van der Waals surface area contributed by atoms with Crippen LogP contribution in [0.4, 0.5) is 5.69 Å². The number of benzene rings is 2. The van der Waals surface area contributed by atoms with Crippen LogP contribution in [0, 0.1) is 0 Å². The molecule has 1 unspecified atom stereocenters. The Morgan fingerprint density at radius 1 is 1.23 bits per heavy atom. The minimum Gasteiger partial charge on any atom is -0.508 e. The van der Waals surface area contributed by atoms with Crippen molar-refractivity contribution >= 4 is 40.6 Å². The van der Waals surface area contributed by atoms with E-state index in [0.29, 0.717) is 34.5 Å². The third-order valence-corrected chi connectivity index (χ3v) is 5.38. The van der Waals surface area contributed by atoms with Crippen LogP contribution >= 0.6 is 11.8 Å². The van der Waals surface area contributed by atoms with Gasteiger partial charge in [0.05, 0.1) is 10.6 Å². The van der Waals surface area contributed by atoms with E-state index in [1.54, 1.807) is 55.5 Å². The van der Waals surface area contributed by atoms with Crippen molar-refractivity contribution in [2.75, 3.05) is 6.54 Å². The molecule has 0 aromatic heterocycles. The SMILES string of the molecule is C=CCN1C(=O)/C(=C/c2ccc(OC(CC)C(=O)O)cc2)SC1=Nc1ccc(O)cc1. The van der Waals surface area contributed by atoms with Crippen molar-refractivity contribution in [2.24, 2.45) is 4.99 Å². The van der Waals surface area contributed by atoms with Crippen LogP contribution in [0.2, 0.25) is 0 Å². The van der Waals surface area contributed by atoms with Gasteiger partial charge in [-0.25, -0.2) is 9.79 Å². The highest BCUT2D eigenvalue weighted by Crippen LogP contribution is 2.34. The molecule has 2 aromatic carbocycles. The van der Waals surface area contributed by atoms with Gasteiger partial charge in [0.15, 0.2) is 11.3 Å². The summed E-state index contributed by atoms with van der Waals surface area (Å²) in [5, 5.41) is 19.1. The molecule has 160 valence electrons. The molecule has 0 saturated carbocycles. The van der Waals surface area contributed by atoms with Crippen LogP contribution in [0.15, 0.2) is 71.1 Å². The average Bonchev–Trinajstić information content (AvgIpc) is 3.03. The largest absolute Gasteiger partial charge is 0.508 e. The van der Waals surface area contributed by atoms with E-state index >= 15 is 0 Å². The Morgan fingerprint density at radius 3 is 2.48 bits per heavy atom. The molecule has 0 spiro atoms. The van der Waals surface area contributed by atoms with Gasteiger partial charge < -0.3 is 14.9 Å². The summed E-state index contributed by atoms with van der Waals surface area (Å²) in [6.45, 7) is 5.77. The monoisotopic (exact) mass is 438 g/mol. The Balaban J connectivity index is 1.81. The van der Waals surface area contributed by atoms with Crippen LogP contribution in [0.1, 0.15) is 18.9 Å². The second-order valence-electron chi connectivity index (χ2n) is 6.65. The van der Waals surface area contributed by atoms with Crippen LogP contribution in [0.5, 0.6) is 11.5 Å². The molecule has 3 rings (SSSR count). The minimum absolute atomic E-state index is 0.142. The zero-order valence-electron chi connectivity index (χ0n) is 16.9.